The van der Waals surface area contributed by atoms with Gasteiger partial charge < -0.3 is 10.1 Å². The number of carbonyl (C=O) groups is 1. The van der Waals surface area contributed by atoms with Gasteiger partial charge in [0.15, 0.2) is 0 Å². The highest BCUT2D eigenvalue weighted by Crippen LogP contribution is 2.26. The first-order chi connectivity index (χ1) is 12.8. The minimum Gasteiger partial charge on any atom is -0.379 e. The summed E-state index contributed by atoms with van der Waals surface area (Å²) in [4.78, 5) is 12.4. The van der Waals surface area contributed by atoms with Gasteiger partial charge in [-0.15, -0.1) is 0 Å². The molecule has 144 valence electrons. The standard InChI is InChI=1S/C18H18Cl2N2O4S/c19-15-5-6-16(20)17(11-15)21-18(23)14-3-1-13(2-4-14)12-27(24,25)22-7-9-26-10-8-22/h1-6,11H,7-10,12H2,(H,21,23). The molecule has 0 spiro atoms. The van der Waals surface area contributed by atoms with E-state index in [1.165, 1.54) is 4.31 Å². The van der Waals surface area contributed by atoms with Crippen molar-refractivity contribution >= 4 is 44.8 Å². The molecule has 27 heavy (non-hydrogen) atoms. The third-order valence-corrected chi connectivity index (χ3v) is 6.52. The number of benzene rings is 2. The molecule has 3 rings (SSSR count). The highest BCUT2D eigenvalue weighted by Gasteiger charge is 2.24. The summed E-state index contributed by atoms with van der Waals surface area (Å²) >= 11 is 12.0. The van der Waals surface area contributed by atoms with Crippen LogP contribution in [0.1, 0.15) is 15.9 Å². The number of nitrogens with one attached hydrogen (secondary N) is 1. The molecule has 1 aliphatic rings. The third-order valence-electron chi connectivity index (χ3n) is 4.11. The fourth-order valence-corrected chi connectivity index (χ4v) is 4.51. The number of hydrogen-bond acceptors (Lipinski definition) is 4. The summed E-state index contributed by atoms with van der Waals surface area (Å²) in [7, 11) is -3.41. The van der Waals surface area contributed by atoms with Crippen molar-refractivity contribution < 1.29 is 17.9 Å². The highest BCUT2D eigenvalue weighted by atomic mass is 35.5. The van der Waals surface area contributed by atoms with Crippen molar-refractivity contribution in [1.82, 2.24) is 4.31 Å². The SMILES string of the molecule is O=C(Nc1cc(Cl)ccc1Cl)c1ccc(CS(=O)(=O)N2CCOCC2)cc1. The lowest BCUT2D eigenvalue weighted by atomic mass is 10.1. The number of carbonyl (C=O) groups excluding carboxylic acids is 1. The molecule has 0 aromatic heterocycles. The van der Waals surface area contributed by atoms with Crippen molar-refractivity contribution in [3.05, 3.63) is 63.6 Å². The Labute approximate surface area is 168 Å². The van der Waals surface area contributed by atoms with Gasteiger partial charge in [-0.25, -0.2) is 8.42 Å². The topological polar surface area (TPSA) is 75.7 Å². The van der Waals surface area contributed by atoms with Crippen molar-refractivity contribution in [2.24, 2.45) is 0 Å². The maximum absolute atomic E-state index is 12.4. The van der Waals surface area contributed by atoms with E-state index in [-0.39, 0.29) is 11.7 Å². The Bertz CT molecular complexity index is 927. The minimum atomic E-state index is -3.41. The molecular formula is C18H18Cl2N2O4S. The second-order valence-corrected chi connectivity index (χ2v) is 8.86. The summed E-state index contributed by atoms with van der Waals surface area (Å²) in [5, 5.41) is 3.52. The van der Waals surface area contributed by atoms with E-state index < -0.39 is 10.0 Å². The second kappa shape index (κ2) is 8.58. The van der Waals surface area contributed by atoms with Crippen LogP contribution in [0.2, 0.25) is 10.0 Å². The summed E-state index contributed by atoms with van der Waals surface area (Å²) < 4.78 is 31.5. The molecule has 0 aliphatic carbocycles. The van der Waals surface area contributed by atoms with Crippen LogP contribution in [0.5, 0.6) is 0 Å². The number of halogens is 2. The van der Waals surface area contributed by atoms with Crippen molar-refractivity contribution in [2.45, 2.75) is 5.75 Å². The monoisotopic (exact) mass is 428 g/mol. The van der Waals surface area contributed by atoms with E-state index in [1.807, 2.05) is 0 Å². The molecule has 0 bridgehead atoms. The van der Waals surface area contributed by atoms with Crippen LogP contribution in [-0.4, -0.2) is 44.9 Å². The quantitative estimate of drug-likeness (QED) is 0.791. The zero-order valence-electron chi connectivity index (χ0n) is 14.3. The zero-order chi connectivity index (χ0) is 19.4. The van der Waals surface area contributed by atoms with E-state index in [2.05, 4.69) is 5.32 Å². The molecule has 0 radical (unpaired) electrons. The van der Waals surface area contributed by atoms with Crippen LogP contribution in [-0.2, 0) is 20.5 Å². The van der Waals surface area contributed by atoms with Gasteiger partial charge in [0.2, 0.25) is 10.0 Å². The van der Waals surface area contributed by atoms with E-state index in [0.29, 0.717) is 53.2 Å². The Morgan fingerprint density at radius 3 is 2.41 bits per heavy atom. The average Bonchev–Trinajstić information content (AvgIpc) is 2.66. The predicted octanol–water partition coefficient (Wildman–Crippen LogP) is 3.41. The summed E-state index contributed by atoms with van der Waals surface area (Å²) in [6.45, 7) is 1.54. The van der Waals surface area contributed by atoms with Crippen LogP contribution < -0.4 is 5.32 Å². The molecule has 1 N–H and O–H groups in total. The minimum absolute atomic E-state index is 0.116. The van der Waals surface area contributed by atoms with E-state index in [4.69, 9.17) is 27.9 Å². The molecule has 2 aromatic carbocycles. The fraction of sp³-hybridized carbons (Fsp3) is 0.278. The van der Waals surface area contributed by atoms with Gasteiger partial charge in [0.1, 0.15) is 0 Å². The number of sulfonamides is 1. The Kier molecular flexibility index (Phi) is 6.39. The van der Waals surface area contributed by atoms with E-state index in [0.717, 1.165) is 0 Å². The van der Waals surface area contributed by atoms with Crippen molar-refractivity contribution in [3.63, 3.8) is 0 Å². The molecule has 1 amide bonds. The normalized spacial score (nSPS) is 15.5. The summed E-state index contributed by atoms with van der Waals surface area (Å²) in [6.07, 6.45) is 0. The van der Waals surface area contributed by atoms with Crippen molar-refractivity contribution in [1.29, 1.82) is 0 Å². The molecule has 0 unspecified atom stereocenters. The van der Waals surface area contributed by atoms with Crippen LogP contribution in [0, 0.1) is 0 Å². The maximum Gasteiger partial charge on any atom is 0.255 e. The van der Waals surface area contributed by atoms with Crippen LogP contribution in [0.25, 0.3) is 0 Å². The lowest BCUT2D eigenvalue weighted by molar-refractivity contribution is 0.0729. The van der Waals surface area contributed by atoms with Gasteiger partial charge in [0, 0.05) is 23.7 Å². The lowest BCUT2D eigenvalue weighted by Gasteiger charge is -2.26. The maximum atomic E-state index is 12.4. The smallest absolute Gasteiger partial charge is 0.255 e. The average molecular weight is 429 g/mol. The molecule has 9 heteroatoms. The van der Waals surface area contributed by atoms with Crippen LogP contribution in [0.15, 0.2) is 42.5 Å². The first-order valence-electron chi connectivity index (χ1n) is 8.26. The highest BCUT2D eigenvalue weighted by molar-refractivity contribution is 7.88. The second-order valence-electron chi connectivity index (χ2n) is 6.04. The Hall–Kier alpha value is -1.64. The number of anilines is 1. The molecule has 1 aliphatic heterocycles. The van der Waals surface area contributed by atoms with Gasteiger partial charge in [-0.1, -0.05) is 35.3 Å². The Morgan fingerprint density at radius 2 is 1.74 bits per heavy atom. The summed E-state index contributed by atoms with van der Waals surface area (Å²) in [5.74, 6) is -0.476. The van der Waals surface area contributed by atoms with Gasteiger partial charge >= 0.3 is 0 Å². The molecule has 0 atom stereocenters. The van der Waals surface area contributed by atoms with E-state index in [9.17, 15) is 13.2 Å². The number of amides is 1. The predicted molar refractivity (Wildman–Crippen MR) is 106 cm³/mol. The summed E-state index contributed by atoms with van der Waals surface area (Å²) in [5.41, 5.74) is 1.41. The van der Waals surface area contributed by atoms with Gasteiger partial charge in [-0.05, 0) is 35.9 Å². The van der Waals surface area contributed by atoms with Crippen molar-refractivity contribution in [2.75, 3.05) is 31.6 Å². The molecule has 1 heterocycles. The van der Waals surface area contributed by atoms with Gasteiger partial charge in [0.05, 0.1) is 29.7 Å². The van der Waals surface area contributed by atoms with E-state index >= 15 is 0 Å². The van der Waals surface area contributed by atoms with Gasteiger partial charge in [-0.3, -0.25) is 4.79 Å². The third kappa shape index (κ3) is 5.21. The zero-order valence-corrected chi connectivity index (χ0v) is 16.6. The van der Waals surface area contributed by atoms with E-state index in [1.54, 1.807) is 42.5 Å². The lowest BCUT2D eigenvalue weighted by Crippen LogP contribution is -2.41. The molecule has 1 saturated heterocycles. The fourth-order valence-electron chi connectivity index (χ4n) is 2.67. The number of ether oxygens (including phenoxy) is 1. The Morgan fingerprint density at radius 1 is 1.07 bits per heavy atom. The number of hydrogen-bond donors (Lipinski definition) is 1. The van der Waals surface area contributed by atoms with Crippen LogP contribution >= 0.6 is 23.2 Å². The largest absolute Gasteiger partial charge is 0.379 e. The summed E-state index contributed by atoms with van der Waals surface area (Å²) in [6, 6.07) is 11.2. The number of nitrogens with zero attached hydrogens (tertiary/aromatic N) is 1. The Balaban J connectivity index is 1.67. The van der Waals surface area contributed by atoms with Crippen LogP contribution in [0.3, 0.4) is 0 Å². The first-order valence-corrected chi connectivity index (χ1v) is 10.6. The molecule has 6 nitrogen and oxygen atoms in total. The molecular weight excluding hydrogens is 411 g/mol. The molecule has 0 saturated carbocycles. The number of rotatable bonds is 5. The van der Waals surface area contributed by atoms with Gasteiger partial charge in [-0.2, -0.15) is 4.31 Å². The molecule has 2 aromatic rings. The van der Waals surface area contributed by atoms with Crippen LogP contribution in [0.4, 0.5) is 5.69 Å². The number of morpholine rings is 1. The van der Waals surface area contributed by atoms with Gasteiger partial charge in [0.25, 0.3) is 5.91 Å². The first kappa shape index (κ1) is 20.1. The molecule has 1 fully saturated rings. The van der Waals surface area contributed by atoms with Crippen molar-refractivity contribution in [3.8, 4) is 0 Å².